The van der Waals surface area contributed by atoms with Crippen molar-refractivity contribution in [1.29, 1.82) is 0 Å². The van der Waals surface area contributed by atoms with Gasteiger partial charge < -0.3 is 9.84 Å². The molecular formula is C12H17NO5S. The minimum Gasteiger partial charge on any atom is -0.481 e. The number of carboxylic acids is 1. The molecule has 6 nitrogen and oxygen atoms in total. The average Bonchev–Trinajstić information content (AvgIpc) is 2.37. The fourth-order valence-corrected chi connectivity index (χ4v) is 2.93. The lowest BCUT2D eigenvalue weighted by Gasteiger charge is -2.23. The van der Waals surface area contributed by atoms with Gasteiger partial charge in [0.15, 0.2) is 0 Å². The summed E-state index contributed by atoms with van der Waals surface area (Å²) in [5.74, 6) is -1.22. The van der Waals surface area contributed by atoms with E-state index in [1.807, 2.05) is 0 Å². The van der Waals surface area contributed by atoms with E-state index in [1.54, 1.807) is 30.3 Å². The lowest BCUT2D eigenvalue weighted by atomic mass is 10.3. The van der Waals surface area contributed by atoms with Crippen molar-refractivity contribution in [2.24, 2.45) is 0 Å². The Bertz CT molecular complexity index is 500. The largest absolute Gasteiger partial charge is 0.481 e. The molecule has 106 valence electrons. The molecule has 1 N–H and O–H groups in total. The van der Waals surface area contributed by atoms with Crippen LogP contribution in [0.25, 0.3) is 0 Å². The van der Waals surface area contributed by atoms with Crippen molar-refractivity contribution in [3.8, 4) is 0 Å². The van der Waals surface area contributed by atoms with Gasteiger partial charge in [-0.1, -0.05) is 18.2 Å². The molecule has 0 saturated carbocycles. The number of ether oxygens (including phenoxy) is 1. The number of rotatable bonds is 8. The predicted molar refractivity (Wildman–Crippen MR) is 71.7 cm³/mol. The molecule has 7 heteroatoms. The van der Waals surface area contributed by atoms with Crippen molar-refractivity contribution in [3.63, 3.8) is 0 Å². The smallest absolute Gasteiger partial charge is 0.305 e. The summed E-state index contributed by atoms with van der Waals surface area (Å²) in [6, 6.07) is 8.43. The Hall–Kier alpha value is -1.60. The Morgan fingerprint density at radius 1 is 1.32 bits per heavy atom. The Morgan fingerprint density at radius 3 is 2.47 bits per heavy atom. The summed E-state index contributed by atoms with van der Waals surface area (Å²) in [7, 11) is -2.17. The fourth-order valence-electron chi connectivity index (χ4n) is 1.52. The third-order valence-electron chi connectivity index (χ3n) is 2.45. The van der Waals surface area contributed by atoms with Crippen LogP contribution in [0.15, 0.2) is 30.3 Å². The molecule has 0 amide bonds. The summed E-state index contributed by atoms with van der Waals surface area (Å²) in [6.45, 7) is -0.0237. The maximum absolute atomic E-state index is 12.2. The quantitative estimate of drug-likeness (QED) is 0.769. The Labute approximate surface area is 112 Å². The van der Waals surface area contributed by atoms with Gasteiger partial charge in [0, 0.05) is 13.7 Å². The number of sulfonamides is 1. The number of methoxy groups -OCH3 is 1. The highest BCUT2D eigenvalue weighted by molar-refractivity contribution is 7.92. The zero-order chi connectivity index (χ0) is 14.3. The van der Waals surface area contributed by atoms with Crippen molar-refractivity contribution in [1.82, 2.24) is 0 Å². The van der Waals surface area contributed by atoms with Crippen LogP contribution in [0.5, 0.6) is 0 Å². The van der Waals surface area contributed by atoms with Crippen LogP contribution in [-0.4, -0.2) is 45.5 Å². The summed E-state index contributed by atoms with van der Waals surface area (Å²) in [6.07, 6.45) is -0.249. The molecule has 0 unspecified atom stereocenters. The van der Waals surface area contributed by atoms with E-state index in [0.29, 0.717) is 5.69 Å². The number of para-hydroxylation sites is 1. The first-order chi connectivity index (χ1) is 8.97. The van der Waals surface area contributed by atoms with E-state index in [-0.39, 0.29) is 25.3 Å². The summed E-state index contributed by atoms with van der Waals surface area (Å²) in [4.78, 5) is 10.6. The molecule has 0 fully saturated rings. The summed E-state index contributed by atoms with van der Waals surface area (Å²) < 4.78 is 30.2. The first kappa shape index (κ1) is 15.5. The van der Waals surface area contributed by atoms with Crippen molar-refractivity contribution >= 4 is 21.7 Å². The Balaban J connectivity index is 2.95. The molecule has 0 spiro atoms. The van der Waals surface area contributed by atoms with Crippen molar-refractivity contribution < 1.29 is 23.1 Å². The number of benzene rings is 1. The van der Waals surface area contributed by atoms with Crippen LogP contribution < -0.4 is 4.31 Å². The minimum atomic E-state index is -3.59. The third-order valence-corrected chi connectivity index (χ3v) is 4.20. The van der Waals surface area contributed by atoms with Crippen molar-refractivity contribution in [2.75, 3.05) is 30.3 Å². The van der Waals surface area contributed by atoms with Gasteiger partial charge in [-0.2, -0.15) is 0 Å². The molecule has 0 aromatic heterocycles. The fraction of sp³-hybridized carbons (Fsp3) is 0.417. The van der Waals surface area contributed by atoms with Gasteiger partial charge in [-0.15, -0.1) is 0 Å². The normalized spacial score (nSPS) is 11.2. The van der Waals surface area contributed by atoms with E-state index in [2.05, 4.69) is 0 Å². The van der Waals surface area contributed by atoms with E-state index in [9.17, 15) is 13.2 Å². The molecule has 19 heavy (non-hydrogen) atoms. The van der Waals surface area contributed by atoms with Gasteiger partial charge in [0.2, 0.25) is 10.0 Å². The van der Waals surface area contributed by atoms with Crippen LogP contribution in [0.3, 0.4) is 0 Å². The molecule has 0 saturated heterocycles. The zero-order valence-electron chi connectivity index (χ0n) is 10.7. The molecular weight excluding hydrogens is 270 g/mol. The summed E-state index contributed by atoms with van der Waals surface area (Å²) in [5.41, 5.74) is 0.458. The van der Waals surface area contributed by atoms with Gasteiger partial charge in [-0.25, -0.2) is 8.42 Å². The van der Waals surface area contributed by atoms with Gasteiger partial charge in [0.05, 0.1) is 24.5 Å². The van der Waals surface area contributed by atoms with Crippen LogP contribution >= 0.6 is 0 Å². The predicted octanol–water partition coefficient (Wildman–Crippen LogP) is 0.944. The van der Waals surface area contributed by atoms with Crippen LogP contribution in [0.4, 0.5) is 5.69 Å². The van der Waals surface area contributed by atoms with Gasteiger partial charge in [-0.3, -0.25) is 9.10 Å². The van der Waals surface area contributed by atoms with E-state index in [4.69, 9.17) is 9.84 Å². The second-order valence-corrected chi connectivity index (χ2v) is 5.87. The highest BCUT2D eigenvalue weighted by atomic mass is 32.2. The number of hydrogen-bond donors (Lipinski definition) is 1. The molecule has 0 heterocycles. The van der Waals surface area contributed by atoms with Crippen molar-refractivity contribution in [3.05, 3.63) is 30.3 Å². The number of nitrogens with zero attached hydrogens (tertiary/aromatic N) is 1. The van der Waals surface area contributed by atoms with Crippen LogP contribution in [0, 0.1) is 0 Å². The molecule has 0 atom stereocenters. The highest BCUT2D eigenvalue weighted by Crippen LogP contribution is 2.18. The van der Waals surface area contributed by atoms with Gasteiger partial charge in [-0.05, 0) is 12.1 Å². The SMILES string of the molecule is COCCS(=O)(=O)N(CCC(=O)O)c1ccccc1. The van der Waals surface area contributed by atoms with E-state index in [1.165, 1.54) is 7.11 Å². The molecule has 1 rings (SSSR count). The highest BCUT2D eigenvalue weighted by Gasteiger charge is 2.22. The van der Waals surface area contributed by atoms with E-state index in [0.717, 1.165) is 4.31 Å². The van der Waals surface area contributed by atoms with Crippen molar-refractivity contribution in [2.45, 2.75) is 6.42 Å². The Kier molecular flexibility index (Phi) is 5.78. The van der Waals surface area contributed by atoms with Gasteiger partial charge in [0.1, 0.15) is 0 Å². The van der Waals surface area contributed by atoms with Gasteiger partial charge in [0.25, 0.3) is 0 Å². The van der Waals surface area contributed by atoms with E-state index >= 15 is 0 Å². The average molecular weight is 287 g/mol. The lowest BCUT2D eigenvalue weighted by molar-refractivity contribution is -0.136. The van der Waals surface area contributed by atoms with Gasteiger partial charge >= 0.3 is 5.97 Å². The number of aliphatic carboxylic acids is 1. The maximum Gasteiger partial charge on any atom is 0.305 e. The number of carboxylic acid groups (broad SMARTS) is 1. The molecule has 1 aromatic carbocycles. The van der Waals surface area contributed by atoms with E-state index < -0.39 is 16.0 Å². The molecule has 0 aliphatic rings. The monoisotopic (exact) mass is 287 g/mol. The molecule has 0 aliphatic heterocycles. The number of carbonyl (C=O) groups is 1. The third kappa shape index (κ3) is 4.88. The second-order valence-electron chi connectivity index (χ2n) is 3.86. The van der Waals surface area contributed by atoms with Crippen LogP contribution in [0.1, 0.15) is 6.42 Å². The van der Waals surface area contributed by atoms with Crippen LogP contribution in [0.2, 0.25) is 0 Å². The minimum absolute atomic E-state index is 0.0682. The zero-order valence-corrected chi connectivity index (χ0v) is 11.5. The maximum atomic E-state index is 12.2. The first-order valence-corrected chi connectivity index (χ1v) is 7.34. The summed E-state index contributed by atoms with van der Waals surface area (Å²) >= 11 is 0. The topological polar surface area (TPSA) is 83.9 Å². The molecule has 0 radical (unpaired) electrons. The molecule has 0 bridgehead atoms. The molecule has 0 aliphatic carbocycles. The number of hydrogen-bond acceptors (Lipinski definition) is 4. The summed E-state index contributed by atoms with van der Waals surface area (Å²) in [5, 5.41) is 8.70. The lowest BCUT2D eigenvalue weighted by Crippen LogP contribution is -2.36. The molecule has 1 aromatic rings. The van der Waals surface area contributed by atoms with Crippen LogP contribution in [-0.2, 0) is 19.6 Å². The number of anilines is 1. The first-order valence-electron chi connectivity index (χ1n) is 5.73. The Morgan fingerprint density at radius 2 is 1.95 bits per heavy atom. The standard InChI is InChI=1S/C12H17NO5S/c1-18-9-10-19(16,17)13(8-7-12(14)15)11-5-3-2-4-6-11/h2-6H,7-10H2,1H3,(H,14,15). The second kappa shape index (κ2) is 7.10.